The molecule has 1 aromatic carbocycles. The summed E-state index contributed by atoms with van der Waals surface area (Å²) in [5.74, 6) is 1.25. The van der Waals surface area contributed by atoms with Gasteiger partial charge in [0.05, 0.1) is 31.7 Å². The predicted octanol–water partition coefficient (Wildman–Crippen LogP) is 2.64. The molecule has 2 amide bonds. The normalized spacial score (nSPS) is 21.0. The van der Waals surface area contributed by atoms with Gasteiger partial charge in [-0.2, -0.15) is 0 Å². The van der Waals surface area contributed by atoms with E-state index >= 15 is 0 Å². The largest absolute Gasteiger partial charge is 0.490 e. The first kappa shape index (κ1) is 26.4. The lowest BCUT2D eigenvalue weighted by atomic mass is 9.96. The number of hydrogen-bond donors (Lipinski definition) is 0. The zero-order valence-corrected chi connectivity index (χ0v) is 22.3. The van der Waals surface area contributed by atoms with Gasteiger partial charge in [-0.05, 0) is 51.6 Å². The molecule has 0 N–H and O–H groups in total. The number of amides is 2. The predicted molar refractivity (Wildman–Crippen MR) is 135 cm³/mol. The number of piperazine rings is 1. The van der Waals surface area contributed by atoms with Crippen LogP contribution >= 0.6 is 11.6 Å². The first-order chi connectivity index (χ1) is 17.2. The number of rotatable bonds is 7. The number of hydrogen-bond acceptors (Lipinski definition) is 7. The molecule has 0 unspecified atom stereocenters. The highest BCUT2D eigenvalue weighted by atomic mass is 35.5. The van der Waals surface area contributed by atoms with Crippen molar-refractivity contribution < 1.29 is 23.6 Å². The molecule has 1 aromatic heterocycles. The average molecular weight is 519 g/mol. The Morgan fingerprint density at radius 2 is 1.83 bits per heavy atom. The summed E-state index contributed by atoms with van der Waals surface area (Å²) in [7, 11) is 2.05. The third kappa shape index (κ3) is 6.19. The van der Waals surface area contributed by atoms with Crippen LogP contribution in [0, 0.1) is 20.8 Å². The van der Waals surface area contributed by atoms with Gasteiger partial charge in [0.15, 0.2) is 0 Å². The molecule has 196 valence electrons. The number of morpholine rings is 1. The minimum Gasteiger partial charge on any atom is -0.490 e. The van der Waals surface area contributed by atoms with Gasteiger partial charge in [-0.25, -0.2) is 0 Å². The van der Waals surface area contributed by atoms with E-state index in [1.54, 1.807) is 17.0 Å². The number of likely N-dealkylation sites (N-methyl/N-ethyl adjacent to an activating group) is 1. The highest BCUT2D eigenvalue weighted by molar-refractivity contribution is 6.31. The molecule has 2 saturated heterocycles. The lowest BCUT2D eigenvalue weighted by molar-refractivity contribution is -0.166. The minimum absolute atomic E-state index is 0.0130. The van der Waals surface area contributed by atoms with Crippen LogP contribution in [0.25, 0.3) is 0 Å². The number of aromatic nitrogens is 1. The first-order valence-corrected chi connectivity index (χ1v) is 12.7. The monoisotopic (exact) mass is 518 g/mol. The average Bonchev–Trinajstić information content (AvgIpc) is 3.17. The number of halogens is 1. The van der Waals surface area contributed by atoms with E-state index in [-0.39, 0.29) is 37.8 Å². The Morgan fingerprint density at radius 3 is 2.50 bits per heavy atom. The van der Waals surface area contributed by atoms with Gasteiger partial charge in [0.25, 0.3) is 0 Å². The molecule has 2 aliphatic heterocycles. The van der Waals surface area contributed by atoms with Crippen molar-refractivity contribution in [3.05, 3.63) is 45.8 Å². The standard InChI is InChI=1S/C26H35ClN4O5/c1-18-13-21(5-6-23(18)27)34-17-26(15-25(33)30-9-7-29(4)8-10-30)16-31(11-12-35-26)24(32)14-22-19(2)28-36-20(22)3/h5-6,13H,7-12,14-17H2,1-4H3/t26-/m0/s1. The molecular weight excluding hydrogens is 484 g/mol. The molecule has 0 saturated carbocycles. The third-order valence-electron chi connectivity index (χ3n) is 7.07. The van der Waals surface area contributed by atoms with Crippen molar-refractivity contribution >= 4 is 23.4 Å². The fourth-order valence-corrected chi connectivity index (χ4v) is 4.80. The Bertz CT molecular complexity index is 1080. The molecule has 2 aromatic rings. The van der Waals surface area contributed by atoms with E-state index in [9.17, 15) is 9.59 Å². The molecule has 0 bridgehead atoms. The van der Waals surface area contributed by atoms with Crippen molar-refractivity contribution in [3.8, 4) is 5.75 Å². The Balaban J connectivity index is 1.51. The van der Waals surface area contributed by atoms with E-state index in [1.165, 1.54) is 0 Å². The van der Waals surface area contributed by atoms with Crippen LogP contribution in [-0.4, -0.2) is 96.8 Å². The van der Waals surface area contributed by atoms with Gasteiger partial charge in [-0.3, -0.25) is 9.59 Å². The number of carbonyl (C=O) groups is 2. The number of nitrogens with zero attached hydrogens (tertiary/aromatic N) is 4. The molecule has 0 aliphatic carbocycles. The second-order valence-corrected chi connectivity index (χ2v) is 10.3. The molecule has 0 spiro atoms. The minimum atomic E-state index is -0.958. The Morgan fingerprint density at radius 1 is 1.08 bits per heavy atom. The summed E-state index contributed by atoms with van der Waals surface area (Å²) >= 11 is 6.17. The number of aryl methyl sites for hydroxylation is 3. The van der Waals surface area contributed by atoms with Gasteiger partial charge in [0.1, 0.15) is 23.7 Å². The molecule has 0 radical (unpaired) electrons. The van der Waals surface area contributed by atoms with Crippen LogP contribution in [0.3, 0.4) is 0 Å². The van der Waals surface area contributed by atoms with Gasteiger partial charge in [0, 0.05) is 43.3 Å². The zero-order chi connectivity index (χ0) is 25.9. The number of carbonyl (C=O) groups excluding carboxylic acids is 2. The quantitative estimate of drug-likeness (QED) is 0.556. The summed E-state index contributed by atoms with van der Waals surface area (Å²) in [5, 5.41) is 4.62. The summed E-state index contributed by atoms with van der Waals surface area (Å²) in [6, 6.07) is 5.45. The van der Waals surface area contributed by atoms with E-state index < -0.39 is 5.60 Å². The molecule has 10 heteroatoms. The Labute approximate surface area is 217 Å². The molecule has 2 fully saturated rings. The van der Waals surface area contributed by atoms with Crippen molar-refractivity contribution in [3.63, 3.8) is 0 Å². The maximum absolute atomic E-state index is 13.3. The van der Waals surface area contributed by atoms with Crippen LogP contribution in [0.15, 0.2) is 22.7 Å². The second kappa shape index (κ2) is 11.2. The zero-order valence-electron chi connectivity index (χ0n) is 21.5. The smallest absolute Gasteiger partial charge is 0.227 e. The van der Waals surface area contributed by atoms with Crippen LogP contribution < -0.4 is 4.74 Å². The summed E-state index contributed by atoms with van der Waals surface area (Å²) < 4.78 is 17.6. The van der Waals surface area contributed by atoms with Gasteiger partial charge in [-0.1, -0.05) is 16.8 Å². The fraction of sp³-hybridized carbons (Fsp3) is 0.577. The number of benzene rings is 1. The van der Waals surface area contributed by atoms with Crippen LogP contribution in [0.1, 0.15) is 29.0 Å². The molecule has 1 atom stereocenters. The maximum atomic E-state index is 13.3. The third-order valence-corrected chi connectivity index (χ3v) is 7.50. The highest BCUT2D eigenvalue weighted by Crippen LogP contribution is 2.28. The summed E-state index contributed by atoms with van der Waals surface area (Å²) in [6.45, 7) is 9.76. The SMILES string of the molecule is Cc1cc(OC[C@]2(CC(=O)N3CCN(C)CC3)CN(C(=O)Cc3c(C)noc3C)CCO2)ccc1Cl. The van der Waals surface area contributed by atoms with Crippen molar-refractivity contribution in [2.45, 2.75) is 39.2 Å². The second-order valence-electron chi connectivity index (χ2n) is 9.89. The van der Waals surface area contributed by atoms with Crippen molar-refractivity contribution in [1.82, 2.24) is 19.9 Å². The summed E-state index contributed by atoms with van der Waals surface area (Å²) in [4.78, 5) is 32.5. The summed E-state index contributed by atoms with van der Waals surface area (Å²) in [6.07, 6.45) is 0.333. The fourth-order valence-electron chi connectivity index (χ4n) is 4.69. The van der Waals surface area contributed by atoms with E-state index in [1.807, 2.05) is 31.7 Å². The highest BCUT2D eigenvalue weighted by Gasteiger charge is 2.42. The lowest BCUT2D eigenvalue weighted by Crippen LogP contribution is -2.59. The molecular formula is C26H35ClN4O5. The lowest BCUT2D eigenvalue weighted by Gasteiger charge is -2.43. The van der Waals surface area contributed by atoms with Crippen LogP contribution in [0.4, 0.5) is 0 Å². The van der Waals surface area contributed by atoms with Crippen molar-refractivity contribution in [2.24, 2.45) is 0 Å². The van der Waals surface area contributed by atoms with Gasteiger partial charge in [-0.15, -0.1) is 0 Å². The van der Waals surface area contributed by atoms with E-state index in [0.29, 0.717) is 48.5 Å². The van der Waals surface area contributed by atoms with Crippen LogP contribution in [0.2, 0.25) is 5.02 Å². The topological polar surface area (TPSA) is 88.4 Å². The molecule has 2 aliphatic rings. The van der Waals surface area contributed by atoms with Crippen molar-refractivity contribution in [2.75, 3.05) is 59.5 Å². The van der Waals surface area contributed by atoms with E-state index in [2.05, 4.69) is 17.1 Å². The van der Waals surface area contributed by atoms with Crippen molar-refractivity contribution in [1.29, 1.82) is 0 Å². The van der Waals surface area contributed by atoms with E-state index in [4.69, 9.17) is 25.6 Å². The van der Waals surface area contributed by atoms with E-state index in [0.717, 1.165) is 24.2 Å². The summed E-state index contributed by atoms with van der Waals surface area (Å²) in [5.41, 5.74) is 1.46. The number of ether oxygens (including phenoxy) is 2. The molecule has 36 heavy (non-hydrogen) atoms. The Kier molecular flexibility index (Phi) is 8.22. The molecule has 4 rings (SSSR count). The van der Waals surface area contributed by atoms with Gasteiger partial charge in [0.2, 0.25) is 11.8 Å². The maximum Gasteiger partial charge on any atom is 0.227 e. The Hall–Kier alpha value is -2.62. The van der Waals surface area contributed by atoms with Gasteiger partial charge >= 0.3 is 0 Å². The van der Waals surface area contributed by atoms with Crippen LogP contribution in [0.5, 0.6) is 5.75 Å². The first-order valence-electron chi connectivity index (χ1n) is 12.3. The molecule has 3 heterocycles. The van der Waals surface area contributed by atoms with Gasteiger partial charge < -0.3 is 28.7 Å². The van der Waals surface area contributed by atoms with Crippen LogP contribution in [-0.2, 0) is 20.7 Å². The molecule has 9 nitrogen and oxygen atoms in total.